The van der Waals surface area contributed by atoms with Gasteiger partial charge < -0.3 is 71.3 Å². The maximum Gasteiger partial charge on any atom is 0.332 e. The molecular weight excluding hydrogens is 1240 g/mol. The van der Waals surface area contributed by atoms with Crippen molar-refractivity contribution in [3.63, 3.8) is 0 Å². The molecule has 2 saturated heterocycles. The number of aryl methyl sites for hydroxylation is 2. The van der Waals surface area contributed by atoms with Crippen LogP contribution in [-0.4, -0.2) is 181 Å². The predicted molar refractivity (Wildman–Crippen MR) is 361 cm³/mol. The summed E-state index contributed by atoms with van der Waals surface area (Å²) in [5.41, 5.74) is -0.781. The largest absolute Gasteiger partial charge is 0.480 e. The van der Waals surface area contributed by atoms with Crippen molar-refractivity contribution < 1.29 is 86.3 Å². The third kappa shape index (κ3) is 33.3. The number of carboxylic acid groups (broad SMARTS) is 1. The fourth-order valence-electron chi connectivity index (χ4n) is 9.88. The monoisotopic (exact) mass is 1350 g/mol. The molecule has 2 aromatic carbocycles. The van der Waals surface area contributed by atoms with Gasteiger partial charge in [0.1, 0.15) is 66.3 Å². The van der Waals surface area contributed by atoms with E-state index < -0.39 is 151 Å². The minimum atomic E-state index is -1.37. The molecule has 2 heterocycles. The van der Waals surface area contributed by atoms with Gasteiger partial charge >= 0.3 is 11.9 Å². The van der Waals surface area contributed by atoms with Crippen LogP contribution in [0.15, 0.2) is 60.7 Å². The van der Waals surface area contributed by atoms with Gasteiger partial charge in [0.2, 0.25) is 47.3 Å². The molecule has 10 atom stereocenters. The first-order valence-corrected chi connectivity index (χ1v) is 32.3. The van der Waals surface area contributed by atoms with Crippen LogP contribution < -0.4 is 42.5 Å². The quantitative estimate of drug-likeness (QED) is 0.0320. The average Bonchev–Trinajstić information content (AvgIpc) is 1.65. The number of carbonyl (C=O) groups is 12. The number of Topliss-reactive ketones (excluding diaryl/α,β-unsaturated/α-hetero) is 2. The summed E-state index contributed by atoms with van der Waals surface area (Å²) in [6.45, 7) is 24.5. The molecule has 26 heteroatoms. The lowest BCUT2D eigenvalue weighted by molar-refractivity contribution is -0.161. The first kappa shape index (κ1) is 86.3. The molecule has 0 radical (unpaired) electrons. The number of nitrogens with one attached hydrogen (secondary N) is 8. The van der Waals surface area contributed by atoms with Gasteiger partial charge in [0.15, 0.2) is 11.6 Å². The number of carboxylic acids is 1. The Bertz CT molecular complexity index is 2850. The molecule has 8 amide bonds. The highest BCUT2D eigenvalue weighted by Crippen LogP contribution is 2.31. The second kappa shape index (κ2) is 41.4. The van der Waals surface area contributed by atoms with Crippen LogP contribution in [0.3, 0.4) is 0 Å². The fourth-order valence-corrected chi connectivity index (χ4v) is 9.88. The third-order valence-electron chi connectivity index (χ3n) is 14.8. The van der Waals surface area contributed by atoms with E-state index in [0.717, 1.165) is 11.1 Å². The highest BCUT2D eigenvalue weighted by atomic mass is 16.6. The molecule has 0 saturated carbocycles. The molecule has 0 aliphatic carbocycles. The molecule has 0 bridgehead atoms. The van der Waals surface area contributed by atoms with Crippen LogP contribution in [0.1, 0.15) is 168 Å². The van der Waals surface area contributed by atoms with Crippen molar-refractivity contribution in [2.75, 3.05) is 39.6 Å². The third-order valence-corrected chi connectivity index (χ3v) is 14.8. The summed E-state index contributed by atoms with van der Waals surface area (Å²) in [7, 11) is 0. The van der Waals surface area contributed by atoms with Crippen molar-refractivity contribution in [2.24, 2.45) is 23.7 Å². The van der Waals surface area contributed by atoms with Crippen molar-refractivity contribution in [3.05, 3.63) is 71.8 Å². The predicted octanol–water partition coefficient (Wildman–Crippen LogP) is 4.79. The number of ether oxygens (including phenoxy) is 5. The Kier molecular flexibility index (Phi) is 37.3. The van der Waals surface area contributed by atoms with Gasteiger partial charge in [-0.05, 0) is 121 Å². The Hall–Kier alpha value is -7.68. The highest BCUT2D eigenvalue weighted by Gasteiger charge is 2.51. The van der Waals surface area contributed by atoms with Gasteiger partial charge in [0.25, 0.3) is 0 Å². The number of epoxide rings is 2. The highest BCUT2D eigenvalue weighted by molar-refractivity contribution is 6.00. The molecule has 96 heavy (non-hydrogen) atoms. The molecule has 0 spiro atoms. The van der Waals surface area contributed by atoms with Crippen LogP contribution in [0.4, 0.5) is 0 Å². The van der Waals surface area contributed by atoms with Crippen molar-refractivity contribution in [1.29, 1.82) is 0 Å². The summed E-state index contributed by atoms with van der Waals surface area (Å²) in [6.07, 6.45) is 2.68. The summed E-state index contributed by atoms with van der Waals surface area (Å²) in [5, 5.41) is 30.5. The first-order valence-electron chi connectivity index (χ1n) is 32.3. The number of hydrogen-bond acceptors (Lipinski definition) is 17. The molecule has 540 valence electrons. The molecule has 9 N–H and O–H groups in total. The standard InChI is InChI=1S/C36H56N4O9.C32H48N4O9.2CH4/c1-22(2)17-27(31(43)36(9)21-48-36)38-34(46)29(19-47-20-30(42)49-35(6,7)8)40-33(45)28(18-23(3)4)39-32(44)26(37-24(5)41)16-15-25-13-11-10-12-14-25;1-19(2)14-24(28(40)32(6)18-45-32)34-31(43)26(16-44-17-27(38)39)36-30(42)25(15-20(3)4)35-29(41)23(33-21(5)37)13-12-22-10-8-7-9-11-22;;/h10-14,22-23,26-29H,15-21H2,1-9H3,(H,37,41)(H,38,46)(H,39,44)(H,40,45);7-11,19-20,23-26H,12-18H2,1-6H3,(H,33,37)(H,34,43)(H,35,41)(H,36,42)(H,38,39);2*1H4/t26-,27-,28-,29-,36+;23-,24-,25-,26-,32+;;/m00../s1. The lowest BCUT2D eigenvalue weighted by Gasteiger charge is -2.28. The SMILES string of the molecule is C.C.CC(=O)N[C@@H](CCc1ccccc1)C(=O)N[C@@H](CC(C)C)C(=O)N[C@@H](COCC(=O)O)C(=O)N[C@@H](CC(C)C)C(=O)[C@@]1(C)CO1.CC(=O)N[C@@H](CCc1ccccc1)C(=O)N[C@@H](CC(C)C)C(=O)N[C@@H](COCC(=O)OC(C)(C)C)C(=O)N[C@@H](CC(C)C)C(=O)[C@@]1(C)CO1. The van der Waals surface area contributed by atoms with E-state index in [1.165, 1.54) is 13.8 Å². The zero-order valence-corrected chi connectivity index (χ0v) is 57.5. The van der Waals surface area contributed by atoms with E-state index in [2.05, 4.69) is 42.5 Å². The molecule has 2 fully saturated rings. The summed E-state index contributed by atoms with van der Waals surface area (Å²) in [4.78, 5) is 155. The minimum absolute atomic E-state index is 0. The summed E-state index contributed by atoms with van der Waals surface area (Å²) in [6, 6.07) is 10.4. The van der Waals surface area contributed by atoms with Crippen molar-refractivity contribution >= 4 is 70.8 Å². The van der Waals surface area contributed by atoms with Crippen LogP contribution in [0.2, 0.25) is 0 Å². The van der Waals surface area contributed by atoms with Crippen LogP contribution in [0.5, 0.6) is 0 Å². The Morgan fingerprint density at radius 1 is 0.448 bits per heavy atom. The molecule has 0 unspecified atom stereocenters. The average molecular weight is 1350 g/mol. The van der Waals surface area contributed by atoms with E-state index in [1.807, 2.05) is 116 Å². The van der Waals surface area contributed by atoms with Gasteiger partial charge in [-0.3, -0.25) is 47.9 Å². The number of ketones is 2. The van der Waals surface area contributed by atoms with Gasteiger partial charge in [0.05, 0.1) is 38.5 Å². The summed E-state index contributed by atoms with van der Waals surface area (Å²) in [5.74, 6) is -7.23. The van der Waals surface area contributed by atoms with E-state index in [1.54, 1.807) is 34.6 Å². The lowest BCUT2D eigenvalue weighted by atomic mass is 9.93. The molecular formula is C70H112N8O18. The lowest BCUT2D eigenvalue weighted by Crippen LogP contribution is -2.59. The Morgan fingerprint density at radius 2 is 0.729 bits per heavy atom. The molecule has 26 nitrogen and oxygen atoms in total. The van der Waals surface area contributed by atoms with Gasteiger partial charge in [-0.1, -0.05) is 131 Å². The number of benzene rings is 2. The van der Waals surface area contributed by atoms with Crippen LogP contribution in [-0.2, 0) is 94.1 Å². The maximum atomic E-state index is 13.8. The Balaban J connectivity index is 0.000000944. The number of rotatable bonds is 40. The number of aliphatic carboxylic acids is 1. The van der Waals surface area contributed by atoms with Crippen LogP contribution in [0, 0.1) is 23.7 Å². The molecule has 2 aliphatic heterocycles. The topological polar surface area (TPSA) is 374 Å². The van der Waals surface area contributed by atoms with Gasteiger partial charge in [-0.15, -0.1) is 0 Å². The van der Waals surface area contributed by atoms with Crippen LogP contribution in [0.25, 0.3) is 0 Å². The maximum absolute atomic E-state index is 13.8. The number of amides is 8. The zero-order valence-electron chi connectivity index (χ0n) is 57.5. The smallest absolute Gasteiger partial charge is 0.332 e. The normalized spacial score (nSPS) is 17.8. The molecule has 4 rings (SSSR count). The first-order chi connectivity index (χ1) is 43.9. The number of carbonyl (C=O) groups excluding carboxylic acids is 11. The molecule has 0 aromatic heterocycles. The number of hydrogen-bond donors (Lipinski definition) is 9. The summed E-state index contributed by atoms with van der Waals surface area (Å²) < 4.78 is 26.6. The Morgan fingerprint density at radius 3 is 1.02 bits per heavy atom. The van der Waals surface area contributed by atoms with Crippen molar-refractivity contribution in [2.45, 2.75) is 235 Å². The molecule has 2 aromatic rings. The second-order valence-corrected chi connectivity index (χ2v) is 27.2. The minimum Gasteiger partial charge on any atom is -0.480 e. The fraction of sp³-hybridized carbons (Fsp3) is 0.657. The number of esters is 1. The van der Waals surface area contributed by atoms with E-state index in [4.69, 9.17) is 28.8 Å². The van der Waals surface area contributed by atoms with Crippen LogP contribution >= 0.6 is 0 Å². The van der Waals surface area contributed by atoms with E-state index in [9.17, 15) is 57.5 Å². The summed E-state index contributed by atoms with van der Waals surface area (Å²) >= 11 is 0. The van der Waals surface area contributed by atoms with Gasteiger partial charge in [0, 0.05) is 13.8 Å². The van der Waals surface area contributed by atoms with Crippen molar-refractivity contribution in [1.82, 2.24) is 42.5 Å². The van der Waals surface area contributed by atoms with E-state index in [-0.39, 0.29) is 82.6 Å². The Labute approximate surface area is 567 Å². The van der Waals surface area contributed by atoms with Gasteiger partial charge in [-0.25, -0.2) is 9.59 Å². The van der Waals surface area contributed by atoms with E-state index >= 15 is 0 Å². The second-order valence-electron chi connectivity index (χ2n) is 27.2. The molecule has 2 aliphatic rings. The van der Waals surface area contributed by atoms with Gasteiger partial charge in [-0.2, -0.15) is 0 Å². The zero-order chi connectivity index (χ0) is 70.7. The van der Waals surface area contributed by atoms with Crippen molar-refractivity contribution in [3.8, 4) is 0 Å². The van der Waals surface area contributed by atoms with E-state index in [0.29, 0.717) is 32.1 Å².